The van der Waals surface area contributed by atoms with Crippen LogP contribution in [0.15, 0.2) is 0 Å². The molecule has 148 valence electrons. The van der Waals surface area contributed by atoms with E-state index in [0.717, 1.165) is 0 Å². The zero-order chi connectivity index (χ0) is 19.1. The first-order chi connectivity index (χ1) is 12.0. The maximum absolute atomic E-state index is 12.0. The number of amides is 4. The van der Waals surface area contributed by atoms with Crippen molar-refractivity contribution in [3.8, 4) is 0 Å². The van der Waals surface area contributed by atoms with Crippen LogP contribution in [0, 0.1) is 0 Å². The lowest BCUT2D eigenvalue weighted by Crippen LogP contribution is -2.48. The molecule has 10 heteroatoms. The van der Waals surface area contributed by atoms with Gasteiger partial charge in [0.25, 0.3) is 0 Å². The first kappa shape index (κ1) is 23.6. The Hall–Kier alpha value is -1.36. The summed E-state index contributed by atoms with van der Waals surface area (Å²) in [6.45, 7) is 8.65. The molecule has 0 bridgehead atoms. The zero-order valence-electron chi connectivity index (χ0n) is 16.1. The molecule has 0 aliphatic heterocycles. The van der Waals surface area contributed by atoms with Crippen molar-refractivity contribution in [3.05, 3.63) is 0 Å². The van der Waals surface area contributed by atoms with Crippen LogP contribution in [0.5, 0.6) is 0 Å². The van der Waals surface area contributed by atoms with Crippen molar-refractivity contribution in [3.63, 3.8) is 0 Å². The minimum Gasteiger partial charge on any atom is -0.374 e. The van der Waals surface area contributed by atoms with Gasteiger partial charge in [0, 0.05) is 59.6 Å². The Kier molecular flexibility index (Phi) is 13.1. The van der Waals surface area contributed by atoms with E-state index >= 15 is 0 Å². The molecular weight excluding hydrogens is 344 g/mol. The van der Waals surface area contributed by atoms with Gasteiger partial charge in [-0.2, -0.15) is 0 Å². The van der Waals surface area contributed by atoms with Crippen LogP contribution in [0.25, 0.3) is 0 Å². The van der Waals surface area contributed by atoms with E-state index in [1.807, 2.05) is 20.8 Å². The van der Waals surface area contributed by atoms with Crippen LogP contribution >= 0.6 is 0 Å². The topological polar surface area (TPSA) is 101 Å². The van der Waals surface area contributed by atoms with Crippen molar-refractivity contribution in [1.29, 1.82) is 0 Å². The minimum atomic E-state index is -2.70. The maximum Gasteiger partial charge on any atom is 0.500 e. The van der Waals surface area contributed by atoms with Gasteiger partial charge >= 0.3 is 20.9 Å². The van der Waals surface area contributed by atoms with E-state index in [2.05, 4.69) is 16.0 Å². The van der Waals surface area contributed by atoms with Crippen molar-refractivity contribution in [2.24, 2.45) is 0 Å². The molecule has 0 aromatic heterocycles. The lowest BCUT2D eigenvalue weighted by atomic mass is 10.4. The number of urea groups is 2. The Morgan fingerprint density at radius 3 is 1.92 bits per heavy atom. The summed E-state index contributed by atoms with van der Waals surface area (Å²) in [7, 11) is 0.431. The van der Waals surface area contributed by atoms with Crippen LogP contribution in [-0.4, -0.2) is 79.3 Å². The lowest BCUT2D eigenvalue weighted by Gasteiger charge is -2.29. The summed E-state index contributed by atoms with van der Waals surface area (Å²) in [5, 5.41) is 7.76. The summed E-state index contributed by atoms with van der Waals surface area (Å²) in [5.74, 6) is 0. The van der Waals surface area contributed by atoms with Gasteiger partial charge in [-0.3, -0.25) is 0 Å². The Morgan fingerprint density at radius 2 is 1.48 bits per heavy atom. The van der Waals surface area contributed by atoms with Crippen LogP contribution in [0.2, 0.25) is 6.04 Å². The summed E-state index contributed by atoms with van der Waals surface area (Å²) >= 11 is 0. The minimum absolute atomic E-state index is 0.185. The van der Waals surface area contributed by atoms with Crippen molar-refractivity contribution >= 4 is 20.9 Å². The number of hydrogen-bond acceptors (Lipinski definition) is 5. The van der Waals surface area contributed by atoms with Gasteiger partial charge < -0.3 is 34.1 Å². The van der Waals surface area contributed by atoms with Crippen molar-refractivity contribution in [2.75, 3.05) is 53.6 Å². The molecule has 0 saturated heterocycles. The Bertz CT molecular complexity index is 370. The SMILES string of the molecule is CCO[Si](CCCN(CCNC(=O)NC)C(=O)NC)(OCC)OCC. The number of carbonyl (C=O) groups excluding carboxylic acids is 2. The molecule has 0 radical (unpaired) electrons. The molecule has 0 fully saturated rings. The first-order valence-electron chi connectivity index (χ1n) is 8.82. The van der Waals surface area contributed by atoms with Gasteiger partial charge in [-0.05, 0) is 27.2 Å². The fourth-order valence-corrected chi connectivity index (χ4v) is 4.95. The van der Waals surface area contributed by atoms with Gasteiger partial charge in [-0.1, -0.05) is 0 Å². The zero-order valence-corrected chi connectivity index (χ0v) is 17.1. The van der Waals surface area contributed by atoms with Crippen LogP contribution < -0.4 is 16.0 Å². The average Bonchev–Trinajstić information content (AvgIpc) is 2.60. The molecule has 0 aromatic rings. The summed E-state index contributed by atoms with van der Waals surface area (Å²) < 4.78 is 17.4. The van der Waals surface area contributed by atoms with E-state index < -0.39 is 8.80 Å². The van der Waals surface area contributed by atoms with Gasteiger partial charge in [0.2, 0.25) is 0 Å². The van der Waals surface area contributed by atoms with Gasteiger partial charge in [0.15, 0.2) is 0 Å². The molecule has 0 aliphatic carbocycles. The van der Waals surface area contributed by atoms with Crippen molar-refractivity contribution < 1.29 is 22.9 Å². The largest absolute Gasteiger partial charge is 0.500 e. The standard InChI is InChI=1S/C15H34N4O5Si/c1-6-22-25(23-7-2,24-8-3)13-9-11-19(15(21)17-5)12-10-18-14(20)16-4/h6-13H2,1-5H3,(H,17,21)(H2,16,18,20). The second kappa shape index (κ2) is 13.9. The molecular formula is C15H34N4O5Si. The highest BCUT2D eigenvalue weighted by Gasteiger charge is 2.39. The second-order valence-corrected chi connectivity index (χ2v) is 7.87. The monoisotopic (exact) mass is 378 g/mol. The molecule has 9 nitrogen and oxygen atoms in total. The highest BCUT2D eigenvalue weighted by Crippen LogP contribution is 2.18. The van der Waals surface area contributed by atoms with Crippen molar-refractivity contribution in [1.82, 2.24) is 20.9 Å². The third kappa shape index (κ3) is 9.63. The van der Waals surface area contributed by atoms with Crippen molar-refractivity contribution in [2.45, 2.75) is 33.2 Å². The normalized spacial score (nSPS) is 11.1. The molecule has 0 unspecified atom stereocenters. The Morgan fingerprint density at radius 1 is 0.920 bits per heavy atom. The highest BCUT2D eigenvalue weighted by atomic mass is 28.4. The number of nitrogens with zero attached hydrogens (tertiary/aromatic N) is 1. The molecule has 0 aromatic carbocycles. The van der Waals surface area contributed by atoms with Gasteiger partial charge in [0.1, 0.15) is 0 Å². The van der Waals surface area contributed by atoms with Gasteiger partial charge in [-0.15, -0.1) is 0 Å². The number of carbonyl (C=O) groups is 2. The van der Waals surface area contributed by atoms with E-state index in [1.54, 1.807) is 19.0 Å². The molecule has 0 atom stereocenters. The van der Waals surface area contributed by atoms with Crippen LogP contribution in [0.3, 0.4) is 0 Å². The van der Waals surface area contributed by atoms with E-state index in [9.17, 15) is 9.59 Å². The van der Waals surface area contributed by atoms with E-state index in [-0.39, 0.29) is 12.1 Å². The van der Waals surface area contributed by atoms with Crippen LogP contribution in [-0.2, 0) is 13.3 Å². The predicted molar refractivity (Wildman–Crippen MR) is 98.5 cm³/mol. The lowest BCUT2D eigenvalue weighted by molar-refractivity contribution is 0.0701. The van der Waals surface area contributed by atoms with Gasteiger partial charge in [-0.25, -0.2) is 9.59 Å². The number of rotatable bonds is 13. The summed E-state index contributed by atoms with van der Waals surface area (Å²) in [6, 6.07) is 0.182. The smallest absolute Gasteiger partial charge is 0.374 e. The average molecular weight is 379 g/mol. The number of hydrogen-bond donors (Lipinski definition) is 3. The quantitative estimate of drug-likeness (QED) is 0.415. The van der Waals surface area contributed by atoms with E-state index in [4.69, 9.17) is 13.3 Å². The third-order valence-electron chi connectivity index (χ3n) is 3.40. The second-order valence-electron chi connectivity index (χ2n) is 5.13. The molecule has 4 amide bonds. The summed E-state index contributed by atoms with van der Waals surface area (Å²) in [4.78, 5) is 24.9. The maximum atomic E-state index is 12.0. The molecule has 0 aliphatic rings. The molecule has 0 rings (SSSR count). The summed E-state index contributed by atoms with van der Waals surface area (Å²) in [5.41, 5.74) is 0. The fourth-order valence-electron chi connectivity index (χ4n) is 2.35. The van der Waals surface area contributed by atoms with Gasteiger partial charge in [0.05, 0.1) is 0 Å². The number of nitrogens with one attached hydrogen (secondary N) is 3. The Balaban J connectivity index is 4.62. The molecule has 0 spiro atoms. The molecule has 3 N–H and O–H groups in total. The van der Waals surface area contributed by atoms with Crippen LogP contribution in [0.1, 0.15) is 27.2 Å². The van der Waals surface area contributed by atoms with Crippen LogP contribution in [0.4, 0.5) is 9.59 Å². The fraction of sp³-hybridized carbons (Fsp3) is 0.867. The molecule has 25 heavy (non-hydrogen) atoms. The van der Waals surface area contributed by atoms with E-state index in [1.165, 1.54) is 0 Å². The summed E-state index contributed by atoms with van der Waals surface area (Å²) in [6.07, 6.45) is 0.694. The Labute approximate surface area is 152 Å². The predicted octanol–water partition coefficient (Wildman–Crippen LogP) is 0.995. The molecule has 0 heterocycles. The first-order valence-corrected chi connectivity index (χ1v) is 10.8. The highest BCUT2D eigenvalue weighted by molar-refractivity contribution is 6.60. The third-order valence-corrected chi connectivity index (χ3v) is 6.55. The van der Waals surface area contributed by atoms with E-state index in [0.29, 0.717) is 51.9 Å². The molecule has 0 saturated carbocycles.